The zero-order valence-electron chi connectivity index (χ0n) is 4.97. The number of hydrogen-bond acceptors (Lipinski definition) is 2. The third kappa shape index (κ3) is 0.961. The van der Waals surface area contributed by atoms with Crippen molar-refractivity contribution in [1.82, 2.24) is 5.32 Å². The van der Waals surface area contributed by atoms with Gasteiger partial charge in [0.25, 0.3) is 16.3 Å². The summed E-state index contributed by atoms with van der Waals surface area (Å²) in [5.41, 5.74) is 0. The van der Waals surface area contributed by atoms with Crippen LogP contribution in [0.25, 0.3) is 0 Å². The minimum atomic E-state index is -0.266. The maximum absolute atomic E-state index is 10.4. The molecule has 0 saturated carbocycles. The van der Waals surface area contributed by atoms with Crippen LogP contribution in [0, 0.1) is 0 Å². The molecule has 1 N–H and O–H groups in total. The van der Waals surface area contributed by atoms with Crippen molar-refractivity contribution in [2.45, 2.75) is 17.9 Å². The van der Waals surface area contributed by atoms with Gasteiger partial charge in [-0.25, -0.2) is 4.79 Å². The van der Waals surface area contributed by atoms with Gasteiger partial charge < -0.3 is 10.1 Å². The van der Waals surface area contributed by atoms with E-state index in [9.17, 15) is 4.79 Å². The van der Waals surface area contributed by atoms with Crippen molar-refractivity contribution in [1.29, 1.82) is 0 Å². The van der Waals surface area contributed by atoms with Crippen LogP contribution in [0.15, 0.2) is 0 Å². The number of hydrogen-bond donors (Lipinski definition) is 1. The fourth-order valence-electron chi connectivity index (χ4n) is 0.608. The van der Waals surface area contributed by atoms with Crippen molar-refractivity contribution in [3.8, 4) is 0 Å². The Balaban J connectivity index is 2.51. The summed E-state index contributed by atoms with van der Waals surface area (Å²) in [6.45, 7) is 1.95. The second-order valence-electron chi connectivity index (χ2n) is 2.04. The van der Waals surface area contributed by atoms with Gasteiger partial charge in [-0.1, -0.05) is 0 Å². The summed E-state index contributed by atoms with van der Waals surface area (Å²) in [6.07, 6.45) is -0.266. The quantitative estimate of drug-likeness (QED) is 0.429. The van der Waals surface area contributed by atoms with Crippen molar-refractivity contribution < 1.29 is 9.53 Å². The smallest absolute Gasteiger partial charge is 0.406 e. The molecule has 0 aromatic carbocycles. The lowest BCUT2D eigenvalue weighted by molar-refractivity contribution is 0.165. The first kappa shape index (κ1) is 5.93. The predicted molar refractivity (Wildman–Crippen MR) is 31.4 cm³/mol. The number of carbonyl (C=O) groups excluding carboxylic acids is 1. The normalized spacial score (nSPS) is 36.4. The number of alkyl carbamates (subject to hydrolysis) is 1. The Morgan fingerprint density at radius 1 is 1.88 bits per heavy atom. The van der Waals surface area contributed by atoms with Crippen LogP contribution in [0.1, 0.15) is 6.92 Å². The van der Waals surface area contributed by atoms with E-state index in [0.717, 1.165) is 16.3 Å². The van der Waals surface area contributed by atoms with Gasteiger partial charge in [0.05, 0.1) is 11.0 Å². The van der Waals surface area contributed by atoms with E-state index in [-0.39, 0.29) is 17.1 Å². The number of ether oxygens (including phenoxy) is 1. The Hall–Kier alpha value is -0.198. The molecule has 1 saturated heterocycles. The van der Waals surface area contributed by atoms with E-state index in [1.807, 2.05) is 6.92 Å². The number of cyclic esters (lactones) is 1. The van der Waals surface area contributed by atoms with Crippen molar-refractivity contribution >= 4 is 22.4 Å². The lowest BCUT2D eigenvalue weighted by Crippen LogP contribution is -2.27. The zero-order valence-corrected chi connectivity index (χ0v) is 6.97. The number of rotatable bonds is 0. The number of carbonyl (C=O) groups is 1. The van der Waals surface area contributed by atoms with E-state index in [4.69, 9.17) is 4.74 Å². The van der Waals surface area contributed by atoms with E-state index < -0.39 is 0 Å². The fourth-order valence-corrected chi connectivity index (χ4v) is 0.989. The highest BCUT2D eigenvalue weighted by Gasteiger charge is 2.25. The molecule has 8 heavy (non-hydrogen) atoms. The van der Waals surface area contributed by atoms with Gasteiger partial charge in [0.15, 0.2) is 0 Å². The Morgan fingerprint density at radius 2 is 2.50 bits per heavy atom. The lowest BCUT2D eigenvalue weighted by atomic mass is 10.4. The van der Waals surface area contributed by atoms with Gasteiger partial charge in [0.1, 0.15) is 0 Å². The summed E-state index contributed by atoms with van der Waals surface area (Å²) in [5.74, 6) is 0. The van der Waals surface area contributed by atoms with Gasteiger partial charge in [-0.05, 0) is 6.92 Å². The van der Waals surface area contributed by atoms with Crippen LogP contribution < -0.4 is 5.32 Å². The van der Waals surface area contributed by atoms with Crippen LogP contribution in [0.5, 0.6) is 0 Å². The van der Waals surface area contributed by atoms with Gasteiger partial charge in [0, 0.05) is 0 Å². The highest BCUT2D eigenvalue weighted by atomic mass is 27.0. The van der Waals surface area contributed by atoms with E-state index in [1.54, 1.807) is 0 Å². The first-order valence-corrected chi connectivity index (χ1v) is 3.83. The molecule has 0 spiro atoms. The summed E-state index contributed by atoms with van der Waals surface area (Å²) in [5, 5.41) is 2.64. The van der Waals surface area contributed by atoms with Gasteiger partial charge in [-0.2, -0.15) is 0 Å². The van der Waals surface area contributed by atoms with Crippen LogP contribution in [0.3, 0.4) is 0 Å². The number of nitrogens with one attached hydrogen (secondary N) is 1. The molecule has 0 aromatic heterocycles. The standard InChI is InChI=1S/C4H6NO2.Al.2H/c1-3-2-7-4(6)5-3;;;/h2-3H,1H3,(H,5,6);;;/t3-;;;/m0.../s1. The highest BCUT2D eigenvalue weighted by Crippen LogP contribution is 2.02. The molecule has 1 fully saturated rings. The average molecular weight is 129 g/mol. The van der Waals surface area contributed by atoms with Crippen LogP contribution >= 0.6 is 0 Å². The van der Waals surface area contributed by atoms with Gasteiger partial charge in [-0.15, -0.1) is 0 Å². The molecule has 2 atom stereocenters. The fraction of sp³-hybridized carbons (Fsp3) is 0.750. The molecule has 0 unspecified atom stereocenters. The molecule has 1 amide bonds. The maximum Gasteiger partial charge on any atom is 0.406 e. The molecule has 1 heterocycles. The molecule has 44 valence electrons. The Labute approximate surface area is 55.8 Å². The van der Waals surface area contributed by atoms with Crippen LogP contribution in [0.2, 0.25) is 0 Å². The van der Waals surface area contributed by atoms with Crippen molar-refractivity contribution in [3.05, 3.63) is 0 Å². The topological polar surface area (TPSA) is 38.3 Å². The van der Waals surface area contributed by atoms with Crippen LogP contribution in [0.4, 0.5) is 4.79 Å². The van der Waals surface area contributed by atoms with Crippen molar-refractivity contribution in [3.63, 3.8) is 0 Å². The minimum absolute atomic E-state index is 0.169. The molecule has 1 rings (SSSR count). The minimum Gasteiger partial charge on any atom is -0.461 e. The van der Waals surface area contributed by atoms with Gasteiger partial charge >= 0.3 is 6.09 Å². The van der Waals surface area contributed by atoms with Gasteiger partial charge in [0.2, 0.25) is 0 Å². The van der Waals surface area contributed by atoms with Crippen LogP contribution in [-0.2, 0) is 4.74 Å². The van der Waals surface area contributed by atoms with Crippen molar-refractivity contribution in [2.24, 2.45) is 0 Å². The lowest BCUT2D eigenvalue weighted by Gasteiger charge is -2.03. The summed E-state index contributed by atoms with van der Waals surface area (Å²) < 4.78 is 4.79. The average Bonchev–Trinajstić information content (AvgIpc) is 1.85. The molecule has 1 aliphatic rings. The molecular weight excluding hydrogens is 121 g/mol. The molecule has 0 bridgehead atoms. The monoisotopic (exact) mass is 129 g/mol. The van der Waals surface area contributed by atoms with E-state index in [1.165, 1.54) is 0 Å². The van der Waals surface area contributed by atoms with E-state index >= 15 is 0 Å². The van der Waals surface area contributed by atoms with E-state index in [2.05, 4.69) is 5.32 Å². The molecule has 0 aliphatic carbocycles. The third-order valence-corrected chi connectivity index (χ3v) is 2.58. The molecular formula is C4H8AlNO2. The highest BCUT2D eigenvalue weighted by molar-refractivity contribution is 6.13. The first-order valence-electron chi connectivity index (χ1n) is 2.67. The summed E-state index contributed by atoms with van der Waals surface area (Å²) in [4.78, 5) is 10.5. The van der Waals surface area contributed by atoms with Crippen molar-refractivity contribution in [2.75, 3.05) is 0 Å². The summed E-state index contributed by atoms with van der Waals surface area (Å²) in [7, 11) is 0. The molecule has 1 aliphatic heterocycles. The van der Waals surface area contributed by atoms with E-state index in [0.29, 0.717) is 0 Å². The third-order valence-electron chi connectivity index (χ3n) is 1.34. The van der Waals surface area contributed by atoms with Crippen LogP contribution in [-0.4, -0.2) is 33.4 Å². The summed E-state index contributed by atoms with van der Waals surface area (Å²) >= 11 is 0.919. The summed E-state index contributed by atoms with van der Waals surface area (Å²) in [6, 6.07) is 0.231. The second kappa shape index (κ2) is 1.96. The molecule has 0 aromatic rings. The Morgan fingerprint density at radius 3 is 2.62 bits per heavy atom. The molecule has 4 heteroatoms. The number of amides is 1. The first-order chi connectivity index (χ1) is 3.70. The zero-order chi connectivity index (χ0) is 6.15. The maximum atomic E-state index is 10.4. The SMILES string of the molecule is C[C@@H]1NC(=O)O[C@@H]1[AlH2]. The Bertz CT molecular complexity index is 105. The van der Waals surface area contributed by atoms with Gasteiger partial charge in [-0.3, -0.25) is 0 Å². The largest absolute Gasteiger partial charge is 0.461 e. The molecule has 0 radical (unpaired) electrons. The molecule has 3 nitrogen and oxygen atoms in total. The Kier molecular flexibility index (Phi) is 1.45. The second-order valence-corrected chi connectivity index (χ2v) is 3.18. The predicted octanol–water partition coefficient (Wildman–Crippen LogP) is -0.926.